The molecule has 2 amide bonds. The van der Waals surface area contributed by atoms with Crippen LogP contribution in [-0.4, -0.2) is 57.4 Å². The van der Waals surface area contributed by atoms with Gasteiger partial charge in [-0.15, -0.1) is 11.8 Å². The zero-order valence-corrected chi connectivity index (χ0v) is 21.3. The van der Waals surface area contributed by atoms with Gasteiger partial charge < -0.3 is 19.9 Å². The SMILES string of the molecule is CC(C)(C)OC(=O)N[C@@H]1C(=O)N2C(C(=O)OC(c3ccccc3)c3ccccc3)=C(CCO)CS[C@H]12. The highest BCUT2D eigenvalue weighted by molar-refractivity contribution is 8.00. The van der Waals surface area contributed by atoms with Gasteiger partial charge in [-0.05, 0) is 43.9 Å². The number of aliphatic hydroxyl groups excluding tert-OH is 1. The number of β-lactam (4-membered cyclic amide) rings is 1. The van der Waals surface area contributed by atoms with Crippen molar-refractivity contribution in [3.8, 4) is 0 Å². The number of alkyl carbamates (subject to hydrolysis) is 1. The Morgan fingerprint density at radius 1 is 1.08 bits per heavy atom. The van der Waals surface area contributed by atoms with Crippen LogP contribution in [0.2, 0.25) is 0 Å². The van der Waals surface area contributed by atoms with E-state index in [-0.39, 0.29) is 18.7 Å². The van der Waals surface area contributed by atoms with Crippen LogP contribution in [0, 0.1) is 0 Å². The average molecular weight is 511 g/mol. The predicted molar refractivity (Wildman–Crippen MR) is 136 cm³/mol. The van der Waals surface area contributed by atoms with Crippen LogP contribution in [-0.2, 0) is 19.1 Å². The largest absolute Gasteiger partial charge is 0.448 e. The van der Waals surface area contributed by atoms with Gasteiger partial charge in [0.25, 0.3) is 5.91 Å². The molecule has 2 aromatic carbocycles. The molecule has 0 aromatic heterocycles. The summed E-state index contributed by atoms with van der Waals surface area (Å²) in [5.41, 5.74) is 1.65. The fourth-order valence-electron chi connectivity index (χ4n) is 4.18. The number of amides is 2. The number of benzene rings is 2. The third-order valence-electron chi connectivity index (χ3n) is 5.76. The van der Waals surface area contributed by atoms with E-state index in [1.165, 1.54) is 16.7 Å². The molecule has 0 spiro atoms. The van der Waals surface area contributed by atoms with Gasteiger partial charge in [0.2, 0.25) is 0 Å². The highest BCUT2D eigenvalue weighted by Crippen LogP contribution is 2.42. The first-order valence-corrected chi connectivity index (χ1v) is 12.8. The first-order chi connectivity index (χ1) is 17.2. The van der Waals surface area contributed by atoms with Gasteiger partial charge in [0, 0.05) is 12.4 Å². The molecule has 36 heavy (non-hydrogen) atoms. The van der Waals surface area contributed by atoms with Gasteiger partial charge in [0.15, 0.2) is 6.10 Å². The number of carbonyl (C=O) groups excluding carboxylic acids is 3. The number of fused-ring (bicyclic) bond motifs is 1. The Balaban J connectivity index is 1.59. The maximum atomic E-state index is 13.6. The fraction of sp³-hybridized carbons (Fsp3) is 0.370. The van der Waals surface area contributed by atoms with Crippen molar-refractivity contribution >= 4 is 29.7 Å². The van der Waals surface area contributed by atoms with Crippen LogP contribution in [0.5, 0.6) is 0 Å². The van der Waals surface area contributed by atoms with Gasteiger partial charge in [-0.2, -0.15) is 0 Å². The first kappa shape index (κ1) is 25.8. The molecule has 0 bridgehead atoms. The number of nitrogens with zero attached hydrogens (tertiary/aromatic N) is 1. The summed E-state index contributed by atoms with van der Waals surface area (Å²) in [6.45, 7) is 5.06. The van der Waals surface area contributed by atoms with Crippen LogP contribution in [0.4, 0.5) is 4.79 Å². The van der Waals surface area contributed by atoms with Crippen LogP contribution < -0.4 is 5.32 Å². The van der Waals surface area contributed by atoms with Gasteiger partial charge in [-0.3, -0.25) is 9.69 Å². The zero-order valence-electron chi connectivity index (χ0n) is 20.5. The molecule has 2 aliphatic heterocycles. The van der Waals surface area contributed by atoms with E-state index in [1.807, 2.05) is 60.7 Å². The number of aliphatic hydroxyl groups is 1. The second-order valence-corrected chi connectivity index (χ2v) is 10.7. The Hall–Kier alpha value is -3.30. The summed E-state index contributed by atoms with van der Waals surface area (Å²) in [6, 6.07) is 17.9. The maximum absolute atomic E-state index is 13.6. The summed E-state index contributed by atoms with van der Waals surface area (Å²) in [6.07, 6.45) is -1.13. The number of hydrogen-bond donors (Lipinski definition) is 2. The van der Waals surface area contributed by atoms with Crippen LogP contribution in [0.15, 0.2) is 71.9 Å². The summed E-state index contributed by atoms with van der Waals surface area (Å²) < 4.78 is 11.3. The minimum absolute atomic E-state index is 0.136. The molecule has 8 nitrogen and oxygen atoms in total. The smallest absolute Gasteiger partial charge is 0.408 e. The first-order valence-electron chi connectivity index (χ1n) is 11.8. The zero-order chi connectivity index (χ0) is 25.9. The third kappa shape index (κ3) is 5.57. The van der Waals surface area contributed by atoms with Crippen molar-refractivity contribution in [3.05, 3.63) is 83.1 Å². The van der Waals surface area contributed by atoms with E-state index >= 15 is 0 Å². The normalized spacial score (nSPS) is 19.5. The van der Waals surface area contributed by atoms with Crippen LogP contribution in [0.25, 0.3) is 0 Å². The summed E-state index contributed by atoms with van der Waals surface area (Å²) in [5, 5.41) is 11.8. The van der Waals surface area contributed by atoms with Crippen molar-refractivity contribution in [1.29, 1.82) is 0 Å². The Morgan fingerprint density at radius 2 is 1.67 bits per heavy atom. The maximum Gasteiger partial charge on any atom is 0.408 e. The average Bonchev–Trinajstić information content (AvgIpc) is 2.85. The summed E-state index contributed by atoms with van der Waals surface area (Å²) in [7, 11) is 0. The summed E-state index contributed by atoms with van der Waals surface area (Å²) in [4.78, 5) is 40.4. The lowest BCUT2D eigenvalue weighted by Crippen LogP contribution is -2.70. The van der Waals surface area contributed by atoms with E-state index in [1.54, 1.807) is 20.8 Å². The molecule has 2 N–H and O–H groups in total. The summed E-state index contributed by atoms with van der Waals surface area (Å²) in [5.74, 6) is -0.644. The Kier molecular flexibility index (Phi) is 7.70. The van der Waals surface area contributed by atoms with E-state index < -0.39 is 41.1 Å². The van der Waals surface area contributed by atoms with Crippen LogP contribution >= 0.6 is 11.8 Å². The molecule has 2 heterocycles. The van der Waals surface area contributed by atoms with Crippen molar-refractivity contribution in [2.45, 2.75) is 50.3 Å². The van der Waals surface area contributed by atoms with Crippen molar-refractivity contribution in [1.82, 2.24) is 10.2 Å². The highest BCUT2D eigenvalue weighted by Gasteiger charge is 2.54. The topological polar surface area (TPSA) is 105 Å². The molecule has 2 atom stereocenters. The van der Waals surface area contributed by atoms with E-state index in [0.717, 1.165) is 11.1 Å². The molecule has 4 rings (SSSR count). The number of thioether (sulfide) groups is 1. The summed E-state index contributed by atoms with van der Waals surface area (Å²) >= 11 is 1.42. The molecular formula is C27H30N2O6S. The van der Waals surface area contributed by atoms with Gasteiger partial charge in [-0.25, -0.2) is 9.59 Å². The van der Waals surface area contributed by atoms with Gasteiger partial charge in [0.05, 0.1) is 0 Å². The molecule has 0 unspecified atom stereocenters. The lowest BCUT2D eigenvalue weighted by molar-refractivity contribution is -0.153. The lowest BCUT2D eigenvalue weighted by Gasteiger charge is -2.49. The third-order valence-corrected chi connectivity index (χ3v) is 7.10. The van der Waals surface area contributed by atoms with E-state index in [4.69, 9.17) is 9.47 Å². The van der Waals surface area contributed by atoms with Crippen LogP contribution in [0.1, 0.15) is 44.4 Å². The van der Waals surface area contributed by atoms with E-state index in [0.29, 0.717) is 11.3 Å². The minimum atomic E-state index is -0.817. The highest BCUT2D eigenvalue weighted by atomic mass is 32.2. The molecule has 0 saturated carbocycles. The Labute approximate surface area is 214 Å². The standard InChI is InChI=1S/C27H30N2O6S/c1-27(2,3)35-26(33)28-20-23(31)29-21(19(14-15-30)16-36-24(20)29)25(32)34-22(17-10-6-4-7-11-17)18-12-8-5-9-13-18/h4-13,20,22,24,30H,14-16H2,1-3H3,(H,28,33)/t20-,24-/m1/s1. The number of esters is 1. The van der Waals surface area contributed by atoms with Crippen LogP contribution in [0.3, 0.4) is 0 Å². The molecular weight excluding hydrogens is 480 g/mol. The number of ether oxygens (including phenoxy) is 2. The number of hydrogen-bond acceptors (Lipinski definition) is 7. The predicted octanol–water partition coefficient (Wildman–Crippen LogP) is 3.76. The van der Waals surface area contributed by atoms with Crippen molar-refractivity contribution < 1.29 is 29.0 Å². The van der Waals surface area contributed by atoms with Gasteiger partial charge in [-0.1, -0.05) is 60.7 Å². The number of rotatable bonds is 7. The molecule has 1 saturated heterocycles. The molecule has 9 heteroatoms. The molecule has 2 aromatic rings. The monoisotopic (exact) mass is 510 g/mol. The second-order valence-electron chi connectivity index (χ2n) is 9.57. The fourth-order valence-corrected chi connectivity index (χ4v) is 5.57. The lowest BCUT2D eigenvalue weighted by atomic mass is 10.00. The second kappa shape index (κ2) is 10.8. The van der Waals surface area contributed by atoms with Gasteiger partial charge in [0.1, 0.15) is 22.7 Å². The van der Waals surface area contributed by atoms with Crippen molar-refractivity contribution in [2.75, 3.05) is 12.4 Å². The molecule has 2 aliphatic rings. The quantitative estimate of drug-likeness (QED) is 0.432. The molecule has 190 valence electrons. The van der Waals surface area contributed by atoms with Gasteiger partial charge >= 0.3 is 12.1 Å². The van der Waals surface area contributed by atoms with E-state index in [2.05, 4.69) is 5.32 Å². The minimum Gasteiger partial charge on any atom is -0.448 e. The number of carbonyl (C=O) groups is 3. The van der Waals surface area contributed by atoms with Crippen molar-refractivity contribution in [2.24, 2.45) is 0 Å². The molecule has 0 aliphatic carbocycles. The number of nitrogens with one attached hydrogen (secondary N) is 1. The Bertz CT molecular complexity index is 1110. The van der Waals surface area contributed by atoms with E-state index in [9.17, 15) is 19.5 Å². The van der Waals surface area contributed by atoms with Crippen molar-refractivity contribution in [3.63, 3.8) is 0 Å². The molecule has 0 radical (unpaired) electrons. The molecule has 1 fully saturated rings. The Morgan fingerprint density at radius 3 is 2.19 bits per heavy atom.